The number of likely N-dealkylation sites (tertiary alicyclic amines) is 1. The molecule has 2 aromatic heterocycles. The van der Waals surface area contributed by atoms with Gasteiger partial charge in [-0.15, -0.1) is 0 Å². The zero-order valence-electron chi connectivity index (χ0n) is 26.4. The zero-order valence-corrected chi connectivity index (χ0v) is 26.4. The van der Waals surface area contributed by atoms with E-state index < -0.39 is 0 Å². The molecule has 5 heterocycles. The number of amides is 1. The summed E-state index contributed by atoms with van der Waals surface area (Å²) in [5.74, 6) is 1.92. The quantitative estimate of drug-likeness (QED) is 0.355. The Morgan fingerprint density at radius 1 is 1.04 bits per heavy atom. The van der Waals surface area contributed by atoms with E-state index in [1.807, 2.05) is 13.8 Å². The van der Waals surface area contributed by atoms with Crippen molar-refractivity contribution in [2.75, 3.05) is 37.6 Å². The second-order valence-corrected chi connectivity index (χ2v) is 13.9. The molecule has 1 aliphatic carbocycles. The van der Waals surface area contributed by atoms with Crippen LogP contribution in [0.3, 0.4) is 0 Å². The molecule has 10 heteroatoms. The van der Waals surface area contributed by atoms with Crippen LogP contribution in [0.15, 0.2) is 66.7 Å². The molecule has 0 radical (unpaired) electrons. The average Bonchev–Trinajstić information content (AvgIpc) is 3.69. The fourth-order valence-corrected chi connectivity index (χ4v) is 7.54. The van der Waals surface area contributed by atoms with Gasteiger partial charge in [-0.2, -0.15) is 0 Å². The summed E-state index contributed by atoms with van der Waals surface area (Å²) in [4.78, 5) is 34.9. The lowest BCUT2D eigenvalue weighted by molar-refractivity contribution is -0.127. The summed E-state index contributed by atoms with van der Waals surface area (Å²) in [7, 11) is 0. The van der Waals surface area contributed by atoms with E-state index in [2.05, 4.69) is 61.1 Å². The maximum atomic E-state index is 14.5. The molecule has 0 bridgehead atoms. The molecule has 3 aliphatic heterocycles. The third kappa shape index (κ3) is 5.49. The molecular formula is C35H40FN7O2. The van der Waals surface area contributed by atoms with Crippen LogP contribution < -0.4 is 15.0 Å². The van der Waals surface area contributed by atoms with Crippen LogP contribution >= 0.6 is 0 Å². The van der Waals surface area contributed by atoms with Crippen molar-refractivity contribution in [3.8, 4) is 22.6 Å². The average molecular weight is 610 g/mol. The van der Waals surface area contributed by atoms with Crippen LogP contribution in [0.1, 0.15) is 58.6 Å². The summed E-state index contributed by atoms with van der Waals surface area (Å²) < 4.78 is 21.0. The maximum Gasteiger partial charge on any atom is 0.230 e. The monoisotopic (exact) mass is 609 g/mol. The van der Waals surface area contributed by atoms with Gasteiger partial charge in [0.1, 0.15) is 24.2 Å². The first-order chi connectivity index (χ1) is 21.6. The van der Waals surface area contributed by atoms with Gasteiger partial charge in [-0.1, -0.05) is 33.8 Å². The predicted octanol–water partition coefficient (Wildman–Crippen LogP) is 5.88. The summed E-state index contributed by atoms with van der Waals surface area (Å²) in [6.45, 7) is 12.9. The predicted molar refractivity (Wildman–Crippen MR) is 170 cm³/mol. The highest BCUT2D eigenvalue weighted by Gasteiger charge is 2.47. The van der Waals surface area contributed by atoms with E-state index in [0.717, 1.165) is 74.8 Å². The minimum absolute atomic E-state index is 0.123. The Labute approximate surface area is 263 Å². The smallest absolute Gasteiger partial charge is 0.230 e. The number of fused-ring (bicyclic) bond motifs is 1. The number of carbonyl (C=O) groups excluding carboxylic acids is 1. The highest BCUT2D eigenvalue weighted by Crippen LogP contribution is 2.46. The normalized spacial score (nSPS) is 24.2. The van der Waals surface area contributed by atoms with Crippen LogP contribution in [0.2, 0.25) is 0 Å². The molecule has 2 atom stereocenters. The summed E-state index contributed by atoms with van der Waals surface area (Å²) in [5.41, 5.74) is 4.34. The van der Waals surface area contributed by atoms with Crippen molar-refractivity contribution in [2.24, 2.45) is 16.7 Å². The molecule has 1 amide bonds. The van der Waals surface area contributed by atoms with Crippen LogP contribution in [0.25, 0.3) is 11.1 Å². The Hall–Kier alpha value is -4.18. The van der Waals surface area contributed by atoms with E-state index in [1.54, 1.807) is 24.8 Å². The number of aromatic nitrogens is 4. The molecule has 1 spiro atoms. The number of anilines is 1. The lowest BCUT2D eigenvalue weighted by Gasteiger charge is -2.28. The number of rotatable bonds is 7. The minimum atomic E-state index is -0.357. The number of halogens is 1. The number of carbonyl (C=O) groups is 1. The van der Waals surface area contributed by atoms with Gasteiger partial charge < -0.3 is 15.0 Å². The fourth-order valence-electron chi connectivity index (χ4n) is 7.54. The van der Waals surface area contributed by atoms with Crippen molar-refractivity contribution in [1.82, 2.24) is 30.2 Å². The fraction of sp³-hybridized carbons (Fsp3) is 0.457. The third-order valence-electron chi connectivity index (χ3n) is 10.1. The standard InChI is InChI=1S/C35H40FN7O2/c1-22(2)31-26(15-37-20-39-31)25-14-24(36)6-8-29(25)45-30-16-38-21-40-32(30)43-12-10-35(19-43)9-11-42(18-35)17-23-5-7-27-28(13-23)41-33(44)34(27,3)4/h5-6,8,13-16,20-22,27H,7,9-12,17-19H2,1-4H3,(H,41,44). The van der Waals surface area contributed by atoms with Crippen molar-refractivity contribution in [1.29, 1.82) is 0 Å². The van der Waals surface area contributed by atoms with Gasteiger partial charge in [-0.05, 0) is 61.6 Å². The molecule has 2 unspecified atom stereocenters. The van der Waals surface area contributed by atoms with E-state index in [0.29, 0.717) is 17.1 Å². The van der Waals surface area contributed by atoms with Crippen molar-refractivity contribution >= 4 is 11.7 Å². The van der Waals surface area contributed by atoms with Crippen LogP contribution in [0, 0.1) is 22.6 Å². The molecule has 1 aromatic carbocycles. The maximum absolute atomic E-state index is 14.5. The summed E-state index contributed by atoms with van der Waals surface area (Å²) in [6.07, 6.45) is 14.1. The Balaban J connectivity index is 1.06. The molecular weight excluding hydrogens is 569 g/mol. The van der Waals surface area contributed by atoms with Gasteiger partial charge in [0, 0.05) is 60.5 Å². The molecule has 4 aliphatic rings. The number of nitrogens with zero attached hydrogens (tertiary/aromatic N) is 6. The number of hydrogen-bond acceptors (Lipinski definition) is 8. The number of hydrogen-bond donors (Lipinski definition) is 1. The van der Waals surface area contributed by atoms with Gasteiger partial charge in [0.2, 0.25) is 5.91 Å². The Kier molecular flexibility index (Phi) is 7.43. The Morgan fingerprint density at radius 3 is 2.69 bits per heavy atom. The van der Waals surface area contributed by atoms with E-state index in [9.17, 15) is 9.18 Å². The number of benzene rings is 1. The summed E-state index contributed by atoms with van der Waals surface area (Å²) >= 11 is 0. The molecule has 9 nitrogen and oxygen atoms in total. The highest BCUT2D eigenvalue weighted by atomic mass is 19.1. The van der Waals surface area contributed by atoms with Crippen molar-refractivity contribution in [3.63, 3.8) is 0 Å². The molecule has 45 heavy (non-hydrogen) atoms. The summed E-state index contributed by atoms with van der Waals surface area (Å²) in [5, 5.41) is 3.13. The van der Waals surface area contributed by atoms with E-state index in [-0.39, 0.29) is 34.4 Å². The lowest BCUT2D eigenvalue weighted by Crippen LogP contribution is -2.32. The molecule has 234 valence electrons. The van der Waals surface area contributed by atoms with Crippen LogP contribution in [0.5, 0.6) is 11.5 Å². The van der Waals surface area contributed by atoms with Crippen LogP contribution in [0.4, 0.5) is 10.2 Å². The molecule has 0 saturated carbocycles. The number of ether oxygens (including phenoxy) is 1. The first-order valence-electron chi connectivity index (χ1n) is 15.9. The molecule has 3 saturated heterocycles. The minimum Gasteiger partial charge on any atom is -0.451 e. The van der Waals surface area contributed by atoms with Crippen molar-refractivity contribution in [2.45, 2.75) is 52.9 Å². The molecule has 1 N–H and O–H groups in total. The van der Waals surface area contributed by atoms with E-state index in [4.69, 9.17) is 4.74 Å². The first-order valence-corrected chi connectivity index (χ1v) is 15.9. The second kappa shape index (κ2) is 11.3. The highest BCUT2D eigenvalue weighted by molar-refractivity contribution is 5.88. The van der Waals surface area contributed by atoms with E-state index >= 15 is 0 Å². The van der Waals surface area contributed by atoms with Gasteiger partial charge in [0.05, 0.1) is 17.3 Å². The second-order valence-electron chi connectivity index (χ2n) is 13.9. The number of nitrogens with one attached hydrogen (secondary N) is 1. The van der Waals surface area contributed by atoms with Gasteiger partial charge in [0.25, 0.3) is 0 Å². The van der Waals surface area contributed by atoms with Crippen LogP contribution in [-0.2, 0) is 4.79 Å². The van der Waals surface area contributed by atoms with Gasteiger partial charge >= 0.3 is 0 Å². The summed E-state index contributed by atoms with van der Waals surface area (Å²) in [6, 6.07) is 4.52. The van der Waals surface area contributed by atoms with Crippen molar-refractivity contribution in [3.05, 3.63) is 78.2 Å². The largest absolute Gasteiger partial charge is 0.451 e. The van der Waals surface area contributed by atoms with Crippen molar-refractivity contribution < 1.29 is 13.9 Å². The molecule has 3 fully saturated rings. The number of allylic oxidation sites excluding steroid dienone is 2. The van der Waals surface area contributed by atoms with Crippen LogP contribution in [-0.4, -0.2) is 63.5 Å². The topological polar surface area (TPSA) is 96.4 Å². The SMILES string of the molecule is CC(C)c1ncncc1-c1cc(F)ccc1Oc1cncnc1N1CCC2(CCN(CC3=CCC4C(=C3)NC(=O)C4(C)C)C2)C1. The van der Waals surface area contributed by atoms with Gasteiger partial charge in [-0.25, -0.2) is 24.3 Å². The third-order valence-corrected chi connectivity index (χ3v) is 10.1. The van der Waals surface area contributed by atoms with E-state index in [1.165, 1.54) is 24.0 Å². The Bertz CT molecular complexity index is 1700. The molecule has 7 rings (SSSR count). The van der Waals surface area contributed by atoms with Gasteiger partial charge in [-0.3, -0.25) is 9.69 Å². The van der Waals surface area contributed by atoms with Gasteiger partial charge in [0.15, 0.2) is 11.6 Å². The zero-order chi connectivity index (χ0) is 31.3. The first kappa shape index (κ1) is 29.5. The Morgan fingerprint density at radius 2 is 1.84 bits per heavy atom. The molecule has 3 aromatic rings. The lowest BCUT2D eigenvalue weighted by atomic mass is 9.76.